The van der Waals surface area contributed by atoms with Crippen LogP contribution in [0.5, 0.6) is 5.75 Å². The zero-order chi connectivity index (χ0) is 18.3. The lowest BCUT2D eigenvalue weighted by molar-refractivity contribution is 0.0820. The van der Waals surface area contributed by atoms with Crippen LogP contribution in [0, 0.1) is 0 Å². The summed E-state index contributed by atoms with van der Waals surface area (Å²) in [5.74, 6) is 2.13. The fourth-order valence-corrected chi connectivity index (χ4v) is 4.00. The number of imidazole rings is 1. The number of carbonyl (C=O) groups is 1. The third-order valence-corrected chi connectivity index (χ3v) is 5.30. The summed E-state index contributed by atoms with van der Waals surface area (Å²) in [5, 5.41) is 0. The van der Waals surface area contributed by atoms with Crippen molar-refractivity contribution in [1.82, 2.24) is 14.5 Å². The Bertz CT molecular complexity index is 874. The first kappa shape index (κ1) is 17.1. The van der Waals surface area contributed by atoms with Gasteiger partial charge in [0.05, 0.1) is 13.7 Å². The molecule has 0 unspecified atom stereocenters. The van der Waals surface area contributed by atoms with E-state index in [1.807, 2.05) is 35.8 Å². The predicted octanol–water partition coefficient (Wildman–Crippen LogP) is 2.90. The Morgan fingerprint density at radius 2 is 2.04 bits per heavy atom. The second-order valence-electron chi connectivity index (χ2n) is 6.22. The number of hydrogen-bond acceptors (Lipinski definition) is 5. The number of aliphatic imine (C=N–C) groups is 1. The number of guanidine groups is 1. The number of nitrogens with zero attached hydrogens (tertiary/aromatic N) is 5. The molecule has 2 aliphatic heterocycles. The standard InChI is InChI=1S/C18H20BrN5O2/c1-3-22-14-15(21-17(22)19)23-10-4-9-20-18(23)24(16(14)25)11-12-5-7-13(26-2)8-6-12/h5-8H,3-4,9-11H2,1-2H3. The van der Waals surface area contributed by atoms with Crippen LogP contribution < -0.4 is 9.64 Å². The SMILES string of the molecule is CCn1c(Br)nc2c1C(=O)N(Cc1ccc(OC)cc1)C1=NCCCN12. The minimum atomic E-state index is -0.0623. The Kier molecular flexibility index (Phi) is 4.44. The van der Waals surface area contributed by atoms with E-state index in [-0.39, 0.29) is 5.91 Å². The molecule has 0 N–H and O–H groups in total. The molecule has 0 spiro atoms. The van der Waals surface area contributed by atoms with E-state index in [0.29, 0.717) is 35.3 Å². The molecule has 0 atom stereocenters. The zero-order valence-corrected chi connectivity index (χ0v) is 16.4. The number of ether oxygens (including phenoxy) is 1. The molecule has 26 heavy (non-hydrogen) atoms. The van der Waals surface area contributed by atoms with Crippen molar-refractivity contribution < 1.29 is 9.53 Å². The predicted molar refractivity (Wildman–Crippen MR) is 103 cm³/mol. The highest BCUT2D eigenvalue weighted by Crippen LogP contribution is 2.33. The molecular weight excluding hydrogens is 398 g/mol. The molecule has 2 aliphatic rings. The van der Waals surface area contributed by atoms with Gasteiger partial charge in [0.1, 0.15) is 5.75 Å². The molecule has 2 aromatic rings. The average Bonchev–Trinajstić information content (AvgIpc) is 3.02. The van der Waals surface area contributed by atoms with Crippen LogP contribution in [0.4, 0.5) is 5.82 Å². The zero-order valence-electron chi connectivity index (χ0n) is 14.8. The monoisotopic (exact) mass is 417 g/mol. The van der Waals surface area contributed by atoms with Crippen molar-refractivity contribution in [3.05, 3.63) is 40.3 Å². The van der Waals surface area contributed by atoms with Crippen LogP contribution in [0.3, 0.4) is 0 Å². The highest BCUT2D eigenvalue weighted by atomic mass is 79.9. The van der Waals surface area contributed by atoms with Crippen LogP contribution in [-0.4, -0.2) is 46.5 Å². The molecular formula is C18H20BrN5O2. The third kappa shape index (κ3) is 2.68. The van der Waals surface area contributed by atoms with Crippen molar-refractivity contribution in [1.29, 1.82) is 0 Å². The molecule has 3 heterocycles. The van der Waals surface area contributed by atoms with E-state index in [1.165, 1.54) is 0 Å². The third-order valence-electron chi connectivity index (χ3n) is 4.70. The number of hydrogen-bond donors (Lipinski definition) is 0. The summed E-state index contributed by atoms with van der Waals surface area (Å²) >= 11 is 3.48. The van der Waals surface area contributed by atoms with E-state index in [0.717, 1.165) is 30.8 Å². The lowest BCUT2D eigenvalue weighted by Crippen LogP contribution is -2.54. The van der Waals surface area contributed by atoms with E-state index in [1.54, 1.807) is 12.0 Å². The van der Waals surface area contributed by atoms with Crippen LogP contribution in [0.1, 0.15) is 29.4 Å². The number of anilines is 1. The van der Waals surface area contributed by atoms with Gasteiger partial charge >= 0.3 is 0 Å². The summed E-state index contributed by atoms with van der Waals surface area (Å²) in [6, 6.07) is 7.76. The number of benzene rings is 1. The summed E-state index contributed by atoms with van der Waals surface area (Å²) in [5.41, 5.74) is 1.64. The van der Waals surface area contributed by atoms with Gasteiger partial charge in [-0.25, -0.2) is 4.98 Å². The lowest BCUT2D eigenvalue weighted by atomic mass is 10.1. The van der Waals surface area contributed by atoms with Crippen molar-refractivity contribution in [2.24, 2.45) is 4.99 Å². The Morgan fingerprint density at radius 1 is 1.27 bits per heavy atom. The molecule has 0 saturated carbocycles. The lowest BCUT2D eigenvalue weighted by Gasteiger charge is -2.38. The first-order valence-corrected chi connectivity index (χ1v) is 9.46. The molecule has 4 rings (SSSR count). The van der Waals surface area contributed by atoms with Gasteiger partial charge in [-0.05, 0) is 47.0 Å². The first-order chi connectivity index (χ1) is 12.6. The number of halogens is 1. The van der Waals surface area contributed by atoms with Gasteiger partial charge < -0.3 is 9.30 Å². The Hall–Kier alpha value is -2.35. The van der Waals surface area contributed by atoms with Crippen LogP contribution in [0.2, 0.25) is 0 Å². The topological polar surface area (TPSA) is 63.0 Å². The maximum absolute atomic E-state index is 13.3. The van der Waals surface area contributed by atoms with E-state index >= 15 is 0 Å². The van der Waals surface area contributed by atoms with Gasteiger partial charge in [-0.2, -0.15) is 0 Å². The summed E-state index contributed by atoms with van der Waals surface area (Å²) in [4.78, 5) is 26.3. The van der Waals surface area contributed by atoms with Crippen molar-refractivity contribution >= 4 is 33.6 Å². The Labute approximate surface area is 160 Å². The number of carbonyl (C=O) groups excluding carboxylic acids is 1. The van der Waals surface area contributed by atoms with Crippen molar-refractivity contribution in [3.8, 4) is 5.75 Å². The van der Waals surface area contributed by atoms with Gasteiger partial charge in [-0.15, -0.1) is 0 Å². The maximum atomic E-state index is 13.3. The van der Waals surface area contributed by atoms with Crippen LogP contribution in [0.15, 0.2) is 34.0 Å². The Balaban J connectivity index is 1.75. The normalized spacial score (nSPS) is 16.3. The second-order valence-corrected chi connectivity index (χ2v) is 6.93. The molecule has 0 radical (unpaired) electrons. The van der Waals surface area contributed by atoms with Crippen LogP contribution in [-0.2, 0) is 13.1 Å². The van der Waals surface area contributed by atoms with Crippen LogP contribution >= 0.6 is 15.9 Å². The molecule has 0 aliphatic carbocycles. The quantitative estimate of drug-likeness (QED) is 0.766. The number of fused-ring (bicyclic) bond motifs is 3. The van der Waals surface area contributed by atoms with Crippen LogP contribution in [0.25, 0.3) is 0 Å². The molecule has 136 valence electrons. The van der Waals surface area contributed by atoms with E-state index in [2.05, 4.69) is 30.8 Å². The number of rotatable bonds is 4. The summed E-state index contributed by atoms with van der Waals surface area (Å²) in [6.07, 6.45) is 0.949. The second kappa shape index (κ2) is 6.75. The van der Waals surface area contributed by atoms with E-state index in [9.17, 15) is 4.79 Å². The van der Waals surface area contributed by atoms with Gasteiger partial charge in [0.15, 0.2) is 16.2 Å². The maximum Gasteiger partial charge on any atom is 0.281 e. The molecule has 7 nitrogen and oxygen atoms in total. The molecule has 0 bridgehead atoms. The highest BCUT2D eigenvalue weighted by Gasteiger charge is 2.40. The Morgan fingerprint density at radius 3 is 2.73 bits per heavy atom. The first-order valence-electron chi connectivity index (χ1n) is 8.66. The molecule has 0 saturated heterocycles. The molecule has 1 aromatic carbocycles. The number of methoxy groups -OCH3 is 1. The van der Waals surface area contributed by atoms with Gasteiger partial charge in [-0.3, -0.25) is 19.6 Å². The van der Waals surface area contributed by atoms with Gasteiger partial charge in [-0.1, -0.05) is 12.1 Å². The summed E-state index contributed by atoms with van der Waals surface area (Å²) < 4.78 is 7.80. The molecule has 8 heteroatoms. The van der Waals surface area contributed by atoms with Crippen molar-refractivity contribution in [2.45, 2.75) is 26.4 Å². The van der Waals surface area contributed by atoms with E-state index < -0.39 is 0 Å². The van der Waals surface area contributed by atoms with Gasteiger partial charge in [0.2, 0.25) is 5.96 Å². The molecule has 1 aromatic heterocycles. The fourth-order valence-electron chi connectivity index (χ4n) is 3.40. The number of amides is 1. The summed E-state index contributed by atoms with van der Waals surface area (Å²) in [6.45, 7) is 4.68. The van der Waals surface area contributed by atoms with Crippen molar-refractivity contribution in [2.75, 3.05) is 25.1 Å². The highest BCUT2D eigenvalue weighted by molar-refractivity contribution is 9.10. The van der Waals surface area contributed by atoms with Crippen molar-refractivity contribution in [3.63, 3.8) is 0 Å². The average molecular weight is 418 g/mol. The smallest absolute Gasteiger partial charge is 0.281 e. The largest absolute Gasteiger partial charge is 0.497 e. The van der Waals surface area contributed by atoms with Gasteiger partial charge in [0, 0.05) is 19.6 Å². The molecule has 0 fully saturated rings. The van der Waals surface area contributed by atoms with E-state index in [4.69, 9.17) is 4.74 Å². The minimum Gasteiger partial charge on any atom is -0.497 e. The number of aromatic nitrogens is 2. The van der Waals surface area contributed by atoms with Gasteiger partial charge in [0.25, 0.3) is 5.91 Å². The fraction of sp³-hybridized carbons (Fsp3) is 0.389. The minimum absolute atomic E-state index is 0.0623. The molecule has 1 amide bonds. The summed E-state index contributed by atoms with van der Waals surface area (Å²) in [7, 11) is 1.64.